The molecule has 9 heavy (non-hydrogen) atoms. The third-order valence-electron chi connectivity index (χ3n) is 0.693. The van der Waals surface area contributed by atoms with E-state index in [0.29, 0.717) is 15.9 Å². The molecule has 0 bridgehead atoms. The van der Waals surface area contributed by atoms with Gasteiger partial charge in [0.05, 0.1) is 0 Å². The number of hydrogen-bond acceptors (Lipinski definition) is 1. The Bertz CT molecular complexity index is 88.9. The molecular weight excluding hydrogens is 128 g/mol. The van der Waals surface area contributed by atoms with Gasteiger partial charge in [0.1, 0.15) is 0 Å². The maximum Gasteiger partial charge on any atom is 0.234 e. The fraction of sp³-hybridized carbons (Fsp3) is 0.714. The van der Waals surface area contributed by atoms with Crippen molar-refractivity contribution in [2.24, 2.45) is 0 Å². The summed E-state index contributed by atoms with van der Waals surface area (Å²) in [4.78, 5) is 0. The van der Waals surface area contributed by atoms with Crippen LogP contribution >= 0.6 is 0 Å². The Morgan fingerprint density at radius 1 is 1.67 bits per heavy atom. The normalized spacial score (nSPS) is 10.2. The summed E-state index contributed by atoms with van der Waals surface area (Å²) >= 11 is 0. The maximum atomic E-state index is 5.32. The first-order valence-corrected chi connectivity index (χ1v) is 4.27. The molecule has 0 atom stereocenters. The summed E-state index contributed by atoms with van der Waals surface area (Å²) in [5, 5.41) is 0. The van der Waals surface area contributed by atoms with E-state index >= 15 is 0 Å². The van der Waals surface area contributed by atoms with Crippen LogP contribution in [0.3, 0.4) is 0 Å². The summed E-state index contributed by atoms with van der Waals surface area (Å²) in [7, 11) is 0.593. The van der Waals surface area contributed by atoms with E-state index in [1.54, 1.807) is 0 Å². The van der Waals surface area contributed by atoms with Gasteiger partial charge in [0.2, 0.25) is 9.76 Å². The minimum atomic E-state index is 0.364. The molecular formula is C7H14OSi. The third-order valence-corrected chi connectivity index (χ3v) is 2.08. The van der Waals surface area contributed by atoms with Gasteiger partial charge in [-0.3, -0.25) is 0 Å². The standard InChI is InChI=1S/C7H14OSi/c1-6(2)5-9-8-7(3)4/h7H,1,5H2,2-4H3. The molecule has 0 unspecified atom stereocenters. The SMILES string of the molecule is C=C(C)C[Si]OC(C)C. The van der Waals surface area contributed by atoms with Crippen LogP contribution in [0.1, 0.15) is 20.8 Å². The lowest BCUT2D eigenvalue weighted by Gasteiger charge is -2.04. The second-order valence-electron chi connectivity index (χ2n) is 2.44. The summed E-state index contributed by atoms with van der Waals surface area (Å²) in [6.45, 7) is 9.90. The van der Waals surface area contributed by atoms with Crippen molar-refractivity contribution >= 4 is 9.76 Å². The van der Waals surface area contributed by atoms with Crippen LogP contribution in [-0.4, -0.2) is 15.9 Å². The van der Waals surface area contributed by atoms with Gasteiger partial charge in [0.15, 0.2) is 0 Å². The summed E-state index contributed by atoms with van der Waals surface area (Å²) in [5.41, 5.74) is 1.20. The highest BCUT2D eigenvalue weighted by molar-refractivity contribution is 6.28. The highest BCUT2D eigenvalue weighted by Crippen LogP contribution is 1.96. The Labute approximate surface area is 60.1 Å². The van der Waals surface area contributed by atoms with Gasteiger partial charge >= 0.3 is 0 Å². The first-order valence-electron chi connectivity index (χ1n) is 3.16. The minimum Gasteiger partial charge on any atom is -0.415 e. The zero-order valence-corrected chi connectivity index (χ0v) is 7.40. The molecule has 0 aliphatic carbocycles. The number of rotatable bonds is 4. The van der Waals surface area contributed by atoms with Crippen molar-refractivity contribution < 1.29 is 4.43 Å². The van der Waals surface area contributed by atoms with Crippen LogP contribution in [0.25, 0.3) is 0 Å². The Balaban J connectivity index is 3.01. The lowest BCUT2D eigenvalue weighted by Crippen LogP contribution is -2.06. The van der Waals surface area contributed by atoms with Crippen molar-refractivity contribution in [3.05, 3.63) is 12.2 Å². The summed E-state index contributed by atoms with van der Waals surface area (Å²) < 4.78 is 5.32. The molecule has 0 spiro atoms. The highest BCUT2D eigenvalue weighted by atomic mass is 28.2. The second-order valence-corrected chi connectivity index (χ2v) is 3.32. The van der Waals surface area contributed by atoms with Crippen LogP contribution in [0.2, 0.25) is 6.04 Å². The van der Waals surface area contributed by atoms with Crippen LogP contribution in [-0.2, 0) is 4.43 Å². The monoisotopic (exact) mass is 142 g/mol. The quantitative estimate of drug-likeness (QED) is 0.431. The minimum absolute atomic E-state index is 0.364. The lowest BCUT2D eigenvalue weighted by molar-refractivity contribution is 0.256. The number of allylic oxidation sites excluding steroid dienone is 1. The molecule has 0 saturated heterocycles. The van der Waals surface area contributed by atoms with E-state index in [1.165, 1.54) is 5.57 Å². The van der Waals surface area contributed by atoms with E-state index in [9.17, 15) is 0 Å². The van der Waals surface area contributed by atoms with Gasteiger partial charge in [0, 0.05) is 6.10 Å². The largest absolute Gasteiger partial charge is 0.415 e. The molecule has 0 aromatic carbocycles. The average Bonchev–Trinajstić information content (AvgIpc) is 1.63. The Kier molecular flexibility index (Phi) is 4.72. The molecule has 2 radical (unpaired) electrons. The van der Waals surface area contributed by atoms with E-state index in [2.05, 4.69) is 6.58 Å². The molecule has 2 heteroatoms. The van der Waals surface area contributed by atoms with Crippen molar-refractivity contribution in [3.63, 3.8) is 0 Å². The van der Waals surface area contributed by atoms with Gasteiger partial charge in [-0.05, 0) is 26.8 Å². The molecule has 52 valence electrons. The molecule has 0 aliphatic heterocycles. The zero-order valence-electron chi connectivity index (χ0n) is 6.40. The van der Waals surface area contributed by atoms with Gasteiger partial charge < -0.3 is 4.43 Å². The van der Waals surface area contributed by atoms with Gasteiger partial charge in [-0.25, -0.2) is 0 Å². The average molecular weight is 142 g/mol. The first-order chi connectivity index (χ1) is 4.13. The van der Waals surface area contributed by atoms with Gasteiger partial charge in [-0.2, -0.15) is 0 Å². The van der Waals surface area contributed by atoms with Crippen LogP contribution in [0.15, 0.2) is 12.2 Å². The van der Waals surface area contributed by atoms with Gasteiger partial charge in [-0.15, -0.1) is 6.58 Å². The van der Waals surface area contributed by atoms with E-state index < -0.39 is 0 Å². The van der Waals surface area contributed by atoms with E-state index in [0.717, 1.165) is 6.04 Å². The molecule has 0 amide bonds. The molecule has 0 fully saturated rings. The Morgan fingerprint density at radius 3 is 2.56 bits per heavy atom. The fourth-order valence-electron chi connectivity index (χ4n) is 0.332. The molecule has 0 saturated carbocycles. The molecule has 0 aromatic rings. The Morgan fingerprint density at radius 2 is 2.22 bits per heavy atom. The van der Waals surface area contributed by atoms with Crippen molar-refractivity contribution in [2.45, 2.75) is 32.9 Å². The summed E-state index contributed by atoms with van der Waals surface area (Å²) in [6, 6.07) is 1.01. The number of hydrogen-bond donors (Lipinski definition) is 0. The highest BCUT2D eigenvalue weighted by Gasteiger charge is 1.94. The maximum absolute atomic E-state index is 5.32. The van der Waals surface area contributed by atoms with Crippen molar-refractivity contribution in [1.82, 2.24) is 0 Å². The summed E-state index contributed by atoms with van der Waals surface area (Å²) in [5.74, 6) is 0. The molecule has 0 rings (SSSR count). The molecule has 1 nitrogen and oxygen atoms in total. The second kappa shape index (κ2) is 4.76. The van der Waals surface area contributed by atoms with Crippen LogP contribution in [0.4, 0.5) is 0 Å². The van der Waals surface area contributed by atoms with E-state index in [4.69, 9.17) is 4.43 Å². The molecule has 0 aromatic heterocycles. The van der Waals surface area contributed by atoms with Crippen LogP contribution in [0, 0.1) is 0 Å². The topological polar surface area (TPSA) is 9.23 Å². The van der Waals surface area contributed by atoms with Crippen molar-refractivity contribution in [3.8, 4) is 0 Å². The van der Waals surface area contributed by atoms with Crippen molar-refractivity contribution in [1.29, 1.82) is 0 Å². The molecule has 0 N–H and O–H groups in total. The predicted molar refractivity (Wildman–Crippen MR) is 41.6 cm³/mol. The molecule has 0 heterocycles. The van der Waals surface area contributed by atoms with E-state index in [1.807, 2.05) is 20.8 Å². The smallest absolute Gasteiger partial charge is 0.234 e. The van der Waals surface area contributed by atoms with Crippen LogP contribution < -0.4 is 0 Å². The summed E-state index contributed by atoms with van der Waals surface area (Å²) in [6.07, 6.45) is 0.364. The van der Waals surface area contributed by atoms with Crippen molar-refractivity contribution in [2.75, 3.05) is 0 Å². The van der Waals surface area contributed by atoms with Gasteiger partial charge in [-0.1, -0.05) is 5.57 Å². The predicted octanol–water partition coefficient (Wildman–Crippen LogP) is 2.02. The van der Waals surface area contributed by atoms with Crippen LogP contribution in [0.5, 0.6) is 0 Å². The fourth-order valence-corrected chi connectivity index (χ4v) is 0.995. The van der Waals surface area contributed by atoms with E-state index in [-0.39, 0.29) is 0 Å². The first kappa shape index (κ1) is 8.92. The van der Waals surface area contributed by atoms with Gasteiger partial charge in [0.25, 0.3) is 0 Å². The Hall–Kier alpha value is -0.0831. The lowest BCUT2D eigenvalue weighted by atomic mass is 10.4. The zero-order chi connectivity index (χ0) is 7.28. The third kappa shape index (κ3) is 7.92. The molecule has 0 aliphatic rings.